The number of benzene rings is 1. The van der Waals surface area contributed by atoms with Crippen molar-refractivity contribution in [2.45, 2.75) is 39.2 Å². The Morgan fingerprint density at radius 1 is 1.14 bits per heavy atom. The van der Waals surface area contributed by atoms with Crippen molar-refractivity contribution in [2.24, 2.45) is 0 Å². The number of aromatic nitrogens is 1. The SMILES string of the molecule is CC(c1cccc(N)c1)N(C)c1ccc(C(C)(C)C)cn1. The summed E-state index contributed by atoms with van der Waals surface area (Å²) in [6.07, 6.45) is 1.97. The van der Waals surface area contributed by atoms with Crippen LogP contribution in [0.15, 0.2) is 42.6 Å². The fourth-order valence-corrected chi connectivity index (χ4v) is 2.28. The lowest BCUT2D eigenvalue weighted by molar-refractivity contribution is 0.587. The maximum atomic E-state index is 5.87. The molecule has 1 unspecified atom stereocenters. The first kappa shape index (κ1) is 15.4. The molecule has 1 atom stereocenters. The molecule has 0 aliphatic heterocycles. The van der Waals surface area contributed by atoms with Crippen LogP contribution in [0, 0.1) is 0 Å². The summed E-state index contributed by atoms with van der Waals surface area (Å²) < 4.78 is 0. The quantitative estimate of drug-likeness (QED) is 0.860. The number of hydrogen-bond donors (Lipinski definition) is 1. The van der Waals surface area contributed by atoms with Crippen molar-refractivity contribution in [3.8, 4) is 0 Å². The molecule has 112 valence electrons. The summed E-state index contributed by atoms with van der Waals surface area (Å²) in [5.74, 6) is 0.970. The lowest BCUT2D eigenvalue weighted by Crippen LogP contribution is -2.23. The molecule has 0 amide bonds. The highest BCUT2D eigenvalue weighted by Crippen LogP contribution is 2.27. The van der Waals surface area contributed by atoms with Crippen molar-refractivity contribution in [1.82, 2.24) is 4.98 Å². The van der Waals surface area contributed by atoms with Crippen molar-refractivity contribution in [3.05, 3.63) is 53.7 Å². The van der Waals surface area contributed by atoms with Gasteiger partial charge in [0.2, 0.25) is 0 Å². The molecule has 0 saturated carbocycles. The zero-order chi connectivity index (χ0) is 15.6. The number of anilines is 2. The van der Waals surface area contributed by atoms with Crippen molar-refractivity contribution < 1.29 is 0 Å². The second-order valence-corrected chi connectivity index (χ2v) is 6.61. The fourth-order valence-electron chi connectivity index (χ4n) is 2.28. The number of nitrogens with zero attached hydrogens (tertiary/aromatic N) is 2. The van der Waals surface area contributed by atoms with Gasteiger partial charge in [-0.1, -0.05) is 39.0 Å². The van der Waals surface area contributed by atoms with Gasteiger partial charge in [-0.25, -0.2) is 4.98 Å². The van der Waals surface area contributed by atoms with Crippen LogP contribution in [-0.4, -0.2) is 12.0 Å². The molecular formula is C18H25N3. The number of nitrogen functional groups attached to an aromatic ring is 1. The molecule has 0 spiro atoms. The Morgan fingerprint density at radius 2 is 1.86 bits per heavy atom. The predicted octanol–water partition coefficient (Wildman–Crippen LogP) is 4.16. The van der Waals surface area contributed by atoms with Crippen LogP contribution in [0.4, 0.5) is 11.5 Å². The largest absolute Gasteiger partial charge is 0.399 e. The third-order valence-corrected chi connectivity index (χ3v) is 3.95. The standard InChI is InChI=1S/C18H25N3/c1-13(14-7-6-8-16(19)11-14)21(5)17-10-9-15(12-20-17)18(2,3)4/h6-13H,19H2,1-5H3. The van der Waals surface area contributed by atoms with Crippen molar-refractivity contribution >= 4 is 11.5 Å². The summed E-state index contributed by atoms with van der Waals surface area (Å²) in [7, 11) is 2.06. The van der Waals surface area contributed by atoms with Gasteiger partial charge in [0, 0.05) is 18.9 Å². The van der Waals surface area contributed by atoms with Gasteiger partial charge in [0.1, 0.15) is 5.82 Å². The van der Waals surface area contributed by atoms with E-state index in [-0.39, 0.29) is 11.5 Å². The maximum Gasteiger partial charge on any atom is 0.128 e. The van der Waals surface area contributed by atoms with Crippen molar-refractivity contribution in [3.63, 3.8) is 0 Å². The molecule has 3 heteroatoms. The van der Waals surface area contributed by atoms with Crippen LogP contribution in [0.1, 0.15) is 44.9 Å². The van der Waals surface area contributed by atoms with Crippen LogP contribution >= 0.6 is 0 Å². The number of pyridine rings is 1. The second-order valence-electron chi connectivity index (χ2n) is 6.61. The number of hydrogen-bond acceptors (Lipinski definition) is 3. The van der Waals surface area contributed by atoms with Gasteiger partial charge in [0.25, 0.3) is 0 Å². The van der Waals surface area contributed by atoms with Crippen LogP contribution in [0.25, 0.3) is 0 Å². The van der Waals surface area contributed by atoms with Crippen LogP contribution < -0.4 is 10.6 Å². The molecule has 1 aromatic heterocycles. The Bertz CT molecular complexity index is 597. The molecule has 0 aliphatic rings. The zero-order valence-corrected chi connectivity index (χ0v) is 13.6. The van der Waals surface area contributed by atoms with E-state index in [0.717, 1.165) is 11.5 Å². The van der Waals surface area contributed by atoms with Gasteiger partial charge in [0.15, 0.2) is 0 Å². The smallest absolute Gasteiger partial charge is 0.128 e. The fraction of sp³-hybridized carbons (Fsp3) is 0.389. The summed E-state index contributed by atoms with van der Waals surface area (Å²) >= 11 is 0. The second kappa shape index (κ2) is 5.76. The molecule has 21 heavy (non-hydrogen) atoms. The zero-order valence-electron chi connectivity index (χ0n) is 13.6. The molecule has 0 radical (unpaired) electrons. The molecule has 3 nitrogen and oxygen atoms in total. The van der Waals surface area contributed by atoms with E-state index in [0.29, 0.717) is 0 Å². The van der Waals surface area contributed by atoms with E-state index in [2.05, 4.69) is 62.8 Å². The summed E-state index contributed by atoms with van der Waals surface area (Å²) in [5.41, 5.74) is 9.23. The van der Waals surface area contributed by atoms with Gasteiger partial charge in [-0.3, -0.25) is 0 Å². The van der Waals surface area contributed by atoms with E-state index in [1.165, 1.54) is 11.1 Å². The van der Waals surface area contributed by atoms with Crippen LogP contribution in [0.3, 0.4) is 0 Å². The summed E-state index contributed by atoms with van der Waals surface area (Å²) in [6.45, 7) is 8.75. The van der Waals surface area contributed by atoms with Gasteiger partial charge < -0.3 is 10.6 Å². The molecule has 0 bridgehead atoms. The van der Waals surface area contributed by atoms with E-state index >= 15 is 0 Å². The van der Waals surface area contributed by atoms with Gasteiger partial charge >= 0.3 is 0 Å². The number of rotatable bonds is 3. The number of nitrogens with two attached hydrogens (primary N) is 1. The van der Waals surface area contributed by atoms with Crippen molar-refractivity contribution in [2.75, 3.05) is 17.7 Å². The molecule has 0 saturated heterocycles. The monoisotopic (exact) mass is 283 g/mol. The summed E-state index contributed by atoms with van der Waals surface area (Å²) in [5, 5.41) is 0. The third kappa shape index (κ3) is 3.54. The van der Waals surface area contributed by atoms with Crippen molar-refractivity contribution in [1.29, 1.82) is 0 Å². The lowest BCUT2D eigenvalue weighted by atomic mass is 9.88. The average molecular weight is 283 g/mol. The maximum absolute atomic E-state index is 5.87. The average Bonchev–Trinajstić information content (AvgIpc) is 2.45. The van der Waals surface area contributed by atoms with Gasteiger partial charge in [-0.15, -0.1) is 0 Å². The van der Waals surface area contributed by atoms with Crippen LogP contribution in [0.2, 0.25) is 0 Å². The minimum absolute atomic E-state index is 0.129. The van der Waals surface area contributed by atoms with E-state index in [9.17, 15) is 0 Å². The Balaban J connectivity index is 2.21. The van der Waals surface area contributed by atoms with E-state index in [1.54, 1.807) is 0 Å². The Labute approximate surface area is 127 Å². The van der Waals surface area contributed by atoms with Crippen LogP contribution in [-0.2, 0) is 5.41 Å². The Kier molecular flexibility index (Phi) is 4.21. The molecule has 0 aliphatic carbocycles. The van der Waals surface area contributed by atoms with E-state index in [4.69, 9.17) is 5.73 Å². The normalized spacial score (nSPS) is 13.0. The highest BCUT2D eigenvalue weighted by molar-refractivity contribution is 5.46. The molecule has 0 fully saturated rings. The minimum Gasteiger partial charge on any atom is -0.399 e. The molecule has 2 N–H and O–H groups in total. The Hall–Kier alpha value is -2.03. The van der Waals surface area contributed by atoms with Gasteiger partial charge in [-0.2, -0.15) is 0 Å². The molecule has 2 aromatic rings. The minimum atomic E-state index is 0.129. The first-order valence-corrected chi connectivity index (χ1v) is 7.34. The summed E-state index contributed by atoms with van der Waals surface area (Å²) in [6, 6.07) is 12.5. The molecular weight excluding hydrogens is 258 g/mol. The summed E-state index contributed by atoms with van der Waals surface area (Å²) in [4.78, 5) is 6.78. The predicted molar refractivity (Wildman–Crippen MR) is 90.6 cm³/mol. The van der Waals surface area contributed by atoms with Gasteiger partial charge in [0.05, 0.1) is 6.04 Å². The third-order valence-electron chi connectivity index (χ3n) is 3.95. The topological polar surface area (TPSA) is 42.1 Å². The van der Waals surface area contributed by atoms with E-state index < -0.39 is 0 Å². The highest BCUT2D eigenvalue weighted by atomic mass is 15.2. The first-order chi connectivity index (χ1) is 9.79. The van der Waals surface area contributed by atoms with E-state index in [1.807, 2.05) is 24.4 Å². The Morgan fingerprint density at radius 3 is 2.38 bits per heavy atom. The highest BCUT2D eigenvalue weighted by Gasteiger charge is 2.17. The first-order valence-electron chi connectivity index (χ1n) is 7.34. The molecule has 2 rings (SSSR count). The molecule has 1 heterocycles. The van der Waals surface area contributed by atoms with Crippen LogP contribution in [0.5, 0.6) is 0 Å². The molecule has 1 aromatic carbocycles. The lowest BCUT2D eigenvalue weighted by Gasteiger charge is -2.27. The van der Waals surface area contributed by atoms with Gasteiger partial charge in [-0.05, 0) is 41.7 Å².